The Kier molecular flexibility index (Phi) is 5.52. The maximum absolute atomic E-state index is 13.3. The van der Waals surface area contributed by atoms with Crippen LogP contribution in [0.5, 0.6) is 6.01 Å². The number of carbonyl (C=O) groups excluding carboxylic acids is 1. The zero-order chi connectivity index (χ0) is 24.0. The average molecular weight is 461 g/mol. The van der Waals surface area contributed by atoms with Gasteiger partial charge in [0.1, 0.15) is 0 Å². The molecule has 4 heterocycles. The third kappa shape index (κ3) is 4.01. The highest BCUT2D eigenvalue weighted by Crippen LogP contribution is 2.31. The summed E-state index contributed by atoms with van der Waals surface area (Å²) < 4.78 is 7.13. The number of piperazine rings is 1. The number of fused-ring (bicyclic) bond motifs is 2. The summed E-state index contributed by atoms with van der Waals surface area (Å²) in [6.45, 7) is 9.86. The van der Waals surface area contributed by atoms with Crippen molar-refractivity contribution in [1.29, 1.82) is 0 Å². The molecule has 10 heteroatoms. The summed E-state index contributed by atoms with van der Waals surface area (Å²) in [5.41, 5.74) is 4.35. The molecule has 34 heavy (non-hydrogen) atoms. The molecule has 0 unspecified atom stereocenters. The molecule has 0 saturated carbocycles. The Morgan fingerprint density at radius 1 is 1.12 bits per heavy atom. The second-order valence-electron chi connectivity index (χ2n) is 8.90. The highest BCUT2D eigenvalue weighted by atomic mass is 16.5. The standard InChI is InChI=1S/C24H28N8O2/c1-13-9-31(10-14(2)26-13)19-7-6-17(21-18(19)8-25-24(30-21)34-5)23(33)29-20-12-32-11-15(3)27-16(4)22(32)28-20/h6-8,11-14,26H,9-10H2,1-5H3,(H,29,33)/t13-,14-/m0/s1. The lowest BCUT2D eigenvalue weighted by molar-refractivity contribution is 0.102. The quantitative estimate of drug-likeness (QED) is 0.478. The minimum absolute atomic E-state index is 0.214. The summed E-state index contributed by atoms with van der Waals surface area (Å²) >= 11 is 0. The molecule has 5 rings (SSSR count). The minimum atomic E-state index is -0.301. The Balaban J connectivity index is 1.54. The molecular formula is C24H28N8O2. The lowest BCUT2D eigenvalue weighted by Crippen LogP contribution is -2.54. The fraction of sp³-hybridized carbons (Fsp3) is 0.375. The largest absolute Gasteiger partial charge is 0.467 e. The first-order valence-corrected chi connectivity index (χ1v) is 11.3. The van der Waals surface area contributed by atoms with E-state index in [1.807, 2.05) is 36.6 Å². The Bertz CT molecular complexity index is 1390. The highest BCUT2D eigenvalue weighted by Gasteiger charge is 2.25. The topological polar surface area (TPSA) is 110 Å². The summed E-state index contributed by atoms with van der Waals surface area (Å²) in [6.07, 6.45) is 5.39. The van der Waals surface area contributed by atoms with Crippen LogP contribution in [0.1, 0.15) is 35.6 Å². The van der Waals surface area contributed by atoms with Crippen molar-refractivity contribution >= 4 is 34.0 Å². The van der Waals surface area contributed by atoms with Gasteiger partial charge in [0, 0.05) is 48.6 Å². The molecule has 176 valence electrons. The molecule has 1 fully saturated rings. The van der Waals surface area contributed by atoms with Crippen LogP contribution in [0.15, 0.2) is 30.7 Å². The van der Waals surface area contributed by atoms with Gasteiger partial charge in [-0.2, -0.15) is 4.98 Å². The Labute approximate surface area is 197 Å². The van der Waals surface area contributed by atoms with E-state index in [-0.39, 0.29) is 11.9 Å². The summed E-state index contributed by atoms with van der Waals surface area (Å²) in [5, 5.41) is 7.27. The molecule has 0 bridgehead atoms. The zero-order valence-electron chi connectivity index (χ0n) is 20.0. The zero-order valence-corrected chi connectivity index (χ0v) is 20.0. The van der Waals surface area contributed by atoms with Gasteiger partial charge in [0.15, 0.2) is 11.5 Å². The lowest BCUT2D eigenvalue weighted by Gasteiger charge is -2.38. The number of aromatic nitrogens is 5. The molecule has 10 nitrogen and oxygen atoms in total. The molecule has 0 radical (unpaired) electrons. The number of carbonyl (C=O) groups is 1. The first kappa shape index (κ1) is 22.0. The van der Waals surface area contributed by atoms with Crippen molar-refractivity contribution in [2.45, 2.75) is 39.8 Å². The number of methoxy groups -OCH3 is 1. The molecule has 0 aliphatic carbocycles. The van der Waals surface area contributed by atoms with Crippen molar-refractivity contribution in [2.24, 2.45) is 0 Å². The average Bonchev–Trinajstić information content (AvgIpc) is 3.19. The van der Waals surface area contributed by atoms with Gasteiger partial charge in [0.25, 0.3) is 5.91 Å². The van der Waals surface area contributed by atoms with Gasteiger partial charge in [-0.3, -0.25) is 9.78 Å². The van der Waals surface area contributed by atoms with Gasteiger partial charge in [-0.25, -0.2) is 9.97 Å². The van der Waals surface area contributed by atoms with E-state index in [1.54, 1.807) is 12.4 Å². The van der Waals surface area contributed by atoms with Crippen LogP contribution >= 0.6 is 0 Å². The van der Waals surface area contributed by atoms with Crippen molar-refractivity contribution in [3.05, 3.63) is 47.7 Å². The van der Waals surface area contributed by atoms with Crippen molar-refractivity contribution in [2.75, 3.05) is 30.4 Å². The molecule has 1 aliphatic heterocycles. The number of amides is 1. The second-order valence-corrected chi connectivity index (χ2v) is 8.90. The third-order valence-corrected chi connectivity index (χ3v) is 6.00. The van der Waals surface area contributed by atoms with Gasteiger partial charge in [-0.05, 0) is 39.8 Å². The molecule has 4 aromatic rings. The normalized spacial score (nSPS) is 18.4. The molecule has 1 aromatic carbocycles. The van der Waals surface area contributed by atoms with Gasteiger partial charge < -0.3 is 24.7 Å². The van der Waals surface area contributed by atoms with E-state index in [0.717, 1.165) is 35.6 Å². The third-order valence-electron chi connectivity index (χ3n) is 6.00. The molecule has 1 saturated heterocycles. The number of aryl methyl sites for hydroxylation is 2. The molecule has 2 atom stereocenters. The monoisotopic (exact) mass is 460 g/mol. The number of nitrogens with zero attached hydrogens (tertiary/aromatic N) is 6. The summed E-state index contributed by atoms with van der Waals surface area (Å²) in [5.74, 6) is 0.147. The second kappa shape index (κ2) is 8.53. The molecule has 3 aromatic heterocycles. The number of ether oxygens (including phenoxy) is 1. The number of hydrogen-bond acceptors (Lipinski definition) is 8. The fourth-order valence-electron chi connectivity index (χ4n) is 4.72. The van der Waals surface area contributed by atoms with Crippen LogP contribution in [-0.2, 0) is 0 Å². The van der Waals surface area contributed by atoms with E-state index < -0.39 is 0 Å². The summed E-state index contributed by atoms with van der Waals surface area (Å²) in [4.78, 5) is 33.5. The number of benzene rings is 1. The van der Waals surface area contributed by atoms with Crippen LogP contribution in [-0.4, -0.2) is 62.5 Å². The van der Waals surface area contributed by atoms with Gasteiger partial charge in [-0.15, -0.1) is 0 Å². The van der Waals surface area contributed by atoms with Crippen LogP contribution in [0.25, 0.3) is 16.6 Å². The van der Waals surface area contributed by atoms with Crippen LogP contribution in [0.2, 0.25) is 0 Å². The number of imidazole rings is 1. The maximum Gasteiger partial charge on any atom is 0.316 e. The molecular weight excluding hydrogens is 432 g/mol. The Morgan fingerprint density at radius 3 is 2.62 bits per heavy atom. The van der Waals surface area contributed by atoms with Crippen LogP contribution in [0.4, 0.5) is 11.5 Å². The van der Waals surface area contributed by atoms with Gasteiger partial charge in [0.2, 0.25) is 0 Å². The van der Waals surface area contributed by atoms with Crippen LogP contribution in [0.3, 0.4) is 0 Å². The molecule has 0 spiro atoms. The number of nitrogens with one attached hydrogen (secondary N) is 2. The summed E-state index contributed by atoms with van der Waals surface area (Å²) in [6, 6.07) is 4.68. The minimum Gasteiger partial charge on any atom is -0.467 e. The van der Waals surface area contributed by atoms with E-state index in [1.165, 1.54) is 7.11 Å². The molecule has 2 N–H and O–H groups in total. The van der Waals surface area contributed by atoms with Crippen molar-refractivity contribution in [3.63, 3.8) is 0 Å². The SMILES string of the molecule is COc1ncc2c(N3C[C@H](C)N[C@@H](C)C3)ccc(C(=O)Nc3cn4cc(C)nc(C)c4n3)c2n1. The van der Waals surface area contributed by atoms with Crippen molar-refractivity contribution in [1.82, 2.24) is 29.7 Å². The van der Waals surface area contributed by atoms with Crippen LogP contribution < -0.4 is 20.3 Å². The fourth-order valence-corrected chi connectivity index (χ4v) is 4.72. The molecule has 1 amide bonds. The van der Waals surface area contributed by atoms with Gasteiger partial charge in [-0.1, -0.05) is 0 Å². The smallest absolute Gasteiger partial charge is 0.316 e. The number of hydrogen-bond donors (Lipinski definition) is 2. The van der Waals surface area contributed by atoms with E-state index >= 15 is 0 Å². The first-order chi connectivity index (χ1) is 16.3. The maximum atomic E-state index is 13.3. The summed E-state index contributed by atoms with van der Waals surface area (Å²) in [7, 11) is 1.51. The Hall–Kier alpha value is -3.79. The van der Waals surface area contributed by atoms with E-state index in [2.05, 4.69) is 49.3 Å². The van der Waals surface area contributed by atoms with E-state index in [0.29, 0.717) is 34.6 Å². The number of anilines is 2. The lowest BCUT2D eigenvalue weighted by atomic mass is 10.0. The van der Waals surface area contributed by atoms with E-state index in [4.69, 9.17) is 4.74 Å². The van der Waals surface area contributed by atoms with Gasteiger partial charge in [0.05, 0.1) is 35.8 Å². The van der Waals surface area contributed by atoms with Gasteiger partial charge >= 0.3 is 6.01 Å². The van der Waals surface area contributed by atoms with Crippen LogP contribution in [0, 0.1) is 13.8 Å². The van der Waals surface area contributed by atoms with Crippen molar-refractivity contribution < 1.29 is 9.53 Å². The Morgan fingerprint density at radius 2 is 1.88 bits per heavy atom. The predicted molar refractivity (Wildman–Crippen MR) is 131 cm³/mol. The van der Waals surface area contributed by atoms with E-state index in [9.17, 15) is 4.79 Å². The first-order valence-electron chi connectivity index (χ1n) is 11.3. The predicted octanol–water partition coefficient (Wildman–Crippen LogP) is 2.74. The number of rotatable bonds is 4. The van der Waals surface area contributed by atoms with Crippen molar-refractivity contribution in [3.8, 4) is 6.01 Å². The molecule has 1 aliphatic rings. The highest BCUT2D eigenvalue weighted by molar-refractivity contribution is 6.13.